The minimum absolute atomic E-state index is 0.253. The maximum atomic E-state index is 13.4. The fraction of sp³-hybridized carbons (Fsp3) is 0.357. The van der Waals surface area contributed by atoms with Crippen LogP contribution in [0.15, 0.2) is 53.1 Å². The molecule has 4 nitrogen and oxygen atoms in total. The highest BCUT2D eigenvalue weighted by molar-refractivity contribution is 5.88. The first kappa shape index (κ1) is 18.0. The zero-order chi connectivity index (χ0) is 15.4. The number of halogens is 2. The fourth-order valence-corrected chi connectivity index (χ4v) is 1.02. The highest BCUT2D eigenvalue weighted by atomic mass is 19.1. The molecule has 0 rings (SSSR count). The number of hydrazine groups is 1. The van der Waals surface area contributed by atoms with Crippen LogP contribution in [-0.2, 0) is 4.74 Å². The van der Waals surface area contributed by atoms with Crippen LogP contribution in [0.3, 0.4) is 0 Å². The van der Waals surface area contributed by atoms with Gasteiger partial charge in [0.1, 0.15) is 18.6 Å². The van der Waals surface area contributed by atoms with Crippen LogP contribution in [0, 0.1) is 0 Å². The molecule has 0 aliphatic rings. The van der Waals surface area contributed by atoms with Gasteiger partial charge in [0.2, 0.25) is 5.90 Å². The Balaban J connectivity index is 4.57. The number of hydrogen-bond donors (Lipinski definition) is 2. The van der Waals surface area contributed by atoms with Gasteiger partial charge in [0.15, 0.2) is 0 Å². The van der Waals surface area contributed by atoms with E-state index in [2.05, 4.69) is 10.4 Å². The van der Waals surface area contributed by atoms with E-state index in [9.17, 15) is 8.78 Å². The highest BCUT2D eigenvalue weighted by Gasteiger charge is 1.99. The molecule has 0 fully saturated rings. The van der Waals surface area contributed by atoms with Crippen molar-refractivity contribution in [2.24, 2.45) is 10.8 Å². The molecule has 112 valence electrons. The third-order valence-corrected chi connectivity index (χ3v) is 1.80. The van der Waals surface area contributed by atoms with E-state index in [0.717, 1.165) is 11.6 Å². The summed E-state index contributed by atoms with van der Waals surface area (Å²) in [4.78, 5) is 3.96. The largest absolute Gasteiger partial charge is 0.470 e. The van der Waals surface area contributed by atoms with E-state index in [1.165, 1.54) is 31.5 Å². The average molecular weight is 285 g/mol. The molecule has 0 aliphatic heterocycles. The summed E-state index contributed by atoms with van der Waals surface area (Å²) in [6, 6.07) is 0. The van der Waals surface area contributed by atoms with Crippen molar-refractivity contribution in [3.63, 3.8) is 0 Å². The second-order valence-corrected chi connectivity index (χ2v) is 4.14. The summed E-state index contributed by atoms with van der Waals surface area (Å²) in [5, 5.41) is 0. The predicted octanol–water partition coefficient (Wildman–Crippen LogP) is 3.07. The van der Waals surface area contributed by atoms with Crippen molar-refractivity contribution in [1.82, 2.24) is 5.43 Å². The first-order valence-corrected chi connectivity index (χ1v) is 6.09. The summed E-state index contributed by atoms with van der Waals surface area (Å²) in [5.74, 6) is 4.77. The minimum Gasteiger partial charge on any atom is -0.470 e. The van der Waals surface area contributed by atoms with Crippen molar-refractivity contribution in [3.8, 4) is 0 Å². The zero-order valence-corrected chi connectivity index (χ0v) is 11.9. The van der Waals surface area contributed by atoms with E-state index in [1.807, 2.05) is 13.8 Å². The Hall–Kier alpha value is -1.95. The van der Waals surface area contributed by atoms with E-state index in [4.69, 9.17) is 10.6 Å². The summed E-state index contributed by atoms with van der Waals surface area (Å²) >= 11 is 0. The van der Waals surface area contributed by atoms with Gasteiger partial charge in [0.05, 0.1) is 0 Å². The Morgan fingerprint density at radius 1 is 1.45 bits per heavy atom. The summed E-state index contributed by atoms with van der Waals surface area (Å²) in [6.45, 7) is 4.80. The van der Waals surface area contributed by atoms with Gasteiger partial charge in [-0.2, -0.15) is 0 Å². The molecule has 0 aromatic carbocycles. The SMILES string of the molecule is CC(C)=CC(=N/C=C/NN)OC/C(F)=C\C=C/C(C)F. The molecule has 1 unspecified atom stereocenters. The Labute approximate surface area is 118 Å². The Kier molecular flexibility index (Phi) is 9.86. The van der Waals surface area contributed by atoms with Gasteiger partial charge in [-0.05, 0) is 32.9 Å². The average Bonchev–Trinajstić information content (AvgIpc) is 2.35. The summed E-state index contributed by atoms with van der Waals surface area (Å²) < 4.78 is 31.0. The predicted molar refractivity (Wildman–Crippen MR) is 78.2 cm³/mol. The van der Waals surface area contributed by atoms with E-state index >= 15 is 0 Å². The smallest absolute Gasteiger partial charge is 0.213 e. The van der Waals surface area contributed by atoms with Crippen LogP contribution in [0.4, 0.5) is 8.78 Å². The number of nitrogens with two attached hydrogens (primary N) is 1. The molecule has 0 saturated heterocycles. The van der Waals surface area contributed by atoms with Crippen LogP contribution in [0.25, 0.3) is 0 Å². The Morgan fingerprint density at radius 3 is 2.70 bits per heavy atom. The van der Waals surface area contributed by atoms with E-state index in [0.29, 0.717) is 0 Å². The summed E-state index contributed by atoms with van der Waals surface area (Å²) in [5.41, 5.74) is 3.24. The van der Waals surface area contributed by atoms with Crippen molar-refractivity contribution >= 4 is 5.90 Å². The number of alkyl halides is 1. The van der Waals surface area contributed by atoms with Crippen LogP contribution < -0.4 is 11.3 Å². The van der Waals surface area contributed by atoms with Crippen LogP contribution in [-0.4, -0.2) is 18.7 Å². The second-order valence-electron chi connectivity index (χ2n) is 4.14. The van der Waals surface area contributed by atoms with E-state index in [1.54, 1.807) is 6.08 Å². The molecule has 0 spiro atoms. The molecule has 0 aliphatic carbocycles. The monoisotopic (exact) mass is 285 g/mol. The number of ether oxygens (including phenoxy) is 1. The van der Waals surface area contributed by atoms with Crippen molar-refractivity contribution in [2.75, 3.05) is 6.61 Å². The summed E-state index contributed by atoms with van der Waals surface area (Å²) in [7, 11) is 0. The normalized spacial score (nSPS) is 14.7. The second kappa shape index (κ2) is 10.9. The van der Waals surface area contributed by atoms with Crippen LogP contribution in [0.2, 0.25) is 0 Å². The zero-order valence-electron chi connectivity index (χ0n) is 11.9. The molecule has 0 radical (unpaired) electrons. The van der Waals surface area contributed by atoms with E-state index in [-0.39, 0.29) is 12.5 Å². The third kappa shape index (κ3) is 11.2. The Bertz CT molecular complexity index is 420. The molecular weight excluding hydrogens is 264 g/mol. The Morgan fingerprint density at radius 2 is 2.15 bits per heavy atom. The topological polar surface area (TPSA) is 59.6 Å². The fourth-order valence-electron chi connectivity index (χ4n) is 1.02. The van der Waals surface area contributed by atoms with Gasteiger partial charge in [-0.15, -0.1) is 0 Å². The molecule has 6 heteroatoms. The van der Waals surface area contributed by atoms with Gasteiger partial charge >= 0.3 is 0 Å². The molecule has 3 N–H and O–H groups in total. The van der Waals surface area contributed by atoms with Crippen LogP contribution in [0.5, 0.6) is 0 Å². The third-order valence-electron chi connectivity index (χ3n) is 1.80. The maximum Gasteiger partial charge on any atom is 0.213 e. The number of nitrogens with one attached hydrogen (secondary N) is 1. The van der Waals surface area contributed by atoms with Crippen LogP contribution in [0.1, 0.15) is 20.8 Å². The lowest BCUT2D eigenvalue weighted by atomic mass is 10.3. The van der Waals surface area contributed by atoms with Crippen molar-refractivity contribution in [1.29, 1.82) is 0 Å². The number of rotatable bonds is 7. The molecular formula is C14H21F2N3O. The number of hydrogen-bond acceptors (Lipinski definition) is 4. The number of aliphatic imine (C=N–C) groups is 1. The van der Waals surface area contributed by atoms with Gasteiger partial charge < -0.3 is 10.2 Å². The van der Waals surface area contributed by atoms with Gasteiger partial charge in [-0.3, -0.25) is 5.84 Å². The molecule has 0 saturated carbocycles. The van der Waals surface area contributed by atoms with Crippen molar-refractivity contribution < 1.29 is 13.5 Å². The summed E-state index contributed by atoms with van der Waals surface area (Å²) in [6.07, 6.45) is 7.03. The van der Waals surface area contributed by atoms with Gasteiger partial charge in [-0.25, -0.2) is 13.8 Å². The molecule has 0 aromatic rings. The molecule has 0 bridgehead atoms. The first-order valence-electron chi connectivity index (χ1n) is 6.09. The first-order chi connectivity index (χ1) is 9.45. The van der Waals surface area contributed by atoms with Gasteiger partial charge in [0.25, 0.3) is 0 Å². The lowest BCUT2D eigenvalue weighted by molar-refractivity contribution is 0.309. The minimum atomic E-state index is -1.11. The van der Waals surface area contributed by atoms with Gasteiger partial charge in [-0.1, -0.05) is 17.7 Å². The number of nitrogens with zero attached hydrogens (tertiary/aromatic N) is 1. The quantitative estimate of drug-likeness (QED) is 0.248. The lowest BCUT2D eigenvalue weighted by Crippen LogP contribution is -2.12. The van der Waals surface area contributed by atoms with Crippen LogP contribution >= 0.6 is 0 Å². The molecule has 1 atom stereocenters. The molecule has 0 heterocycles. The van der Waals surface area contributed by atoms with E-state index < -0.39 is 12.0 Å². The lowest BCUT2D eigenvalue weighted by Gasteiger charge is -2.04. The van der Waals surface area contributed by atoms with Crippen molar-refractivity contribution in [2.45, 2.75) is 26.9 Å². The standard InChI is InChI=1S/C14H21F2N3O/c1-11(2)9-14(18-7-8-19-17)20-10-13(16)6-4-5-12(3)15/h4-9,12,19H,10,17H2,1-3H3/b5-4-,8-7+,13-6+,18-14?. The maximum absolute atomic E-state index is 13.4. The molecule has 20 heavy (non-hydrogen) atoms. The van der Waals surface area contributed by atoms with Crippen molar-refractivity contribution in [3.05, 3.63) is 48.1 Å². The van der Waals surface area contributed by atoms with Gasteiger partial charge in [0, 0.05) is 12.4 Å². The molecule has 0 amide bonds. The molecule has 0 aromatic heterocycles. The number of allylic oxidation sites excluding steroid dienone is 4. The highest BCUT2D eigenvalue weighted by Crippen LogP contribution is 2.02.